The number of hydrogen-bond donors (Lipinski definition) is 2. The van der Waals surface area contributed by atoms with Crippen molar-refractivity contribution in [3.63, 3.8) is 0 Å². The summed E-state index contributed by atoms with van der Waals surface area (Å²) in [5.74, 6) is -0.273. The highest BCUT2D eigenvalue weighted by molar-refractivity contribution is 5.86. The van der Waals surface area contributed by atoms with Crippen LogP contribution < -0.4 is 11.0 Å². The number of aliphatic hydroxyl groups is 1. The van der Waals surface area contributed by atoms with Crippen LogP contribution in [0.2, 0.25) is 0 Å². The van der Waals surface area contributed by atoms with E-state index in [1.54, 1.807) is 11.8 Å². The summed E-state index contributed by atoms with van der Waals surface area (Å²) in [6.07, 6.45) is 1.22. The number of likely N-dealkylation sites (tertiary alicyclic amines) is 1. The largest absolute Gasteiger partial charge is 0.392 e. The number of carbonyl (C=O) groups excluding carboxylic acids is 2. The van der Waals surface area contributed by atoms with E-state index in [1.807, 2.05) is 13.0 Å². The van der Waals surface area contributed by atoms with Gasteiger partial charge in [-0.2, -0.15) is 4.98 Å². The van der Waals surface area contributed by atoms with Gasteiger partial charge in [-0.05, 0) is 39.2 Å². The second kappa shape index (κ2) is 7.19. The third kappa shape index (κ3) is 3.38. The summed E-state index contributed by atoms with van der Waals surface area (Å²) in [6, 6.07) is 1.81. The van der Waals surface area contributed by atoms with Gasteiger partial charge in [0.05, 0.1) is 11.5 Å². The Labute approximate surface area is 152 Å². The molecule has 2 fully saturated rings. The molecule has 1 aromatic heterocycles. The molecule has 1 aromatic rings. The van der Waals surface area contributed by atoms with Crippen LogP contribution >= 0.6 is 0 Å². The van der Waals surface area contributed by atoms with Crippen LogP contribution in [0, 0.1) is 19.3 Å². The number of hydrogen-bond acceptors (Lipinski definition) is 5. The standard InChI is InChI=1S/C18H26N4O4/c1-12-10-13(2)22(17(26)20-12)9-5-15(24)21-8-4-14(23)18(11-21)6-3-7-19-16(18)25/h10,14,23H,3-9,11H2,1-2H3,(H,19,25)/t14-,18+/m0/s1. The smallest absolute Gasteiger partial charge is 0.347 e. The number of nitrogens with one attached hydrogen (secondary N) is 1. The van der Waals surface area contributed by atoms with Gasteiger partial charge >= 0.3 is 5.69 Å². The number of amides is 2. The van der Waals surface area contributed by atoms with Crippen molar-refractivity contribution in [3.05, 3.63) is 27.9 Å². The lowest BCUT2D eigenvalue weighted by molar-refractivity contribution is -0.154. The molecule has 0 bridgehead atoms. The third-order valence-corrected chi connectivity index (χ3v) is 5.57. The minimum absolute atomic E-state index is 0.110. The van der Waals surface area contributed by atoms with Gasteiger partial charge in [-0.15, -0.1) is 0 Å². The monoisotopic (exact) mass is 362 g/mol. The SMILES string of the molecule is Cc1cc(C)n(CCC(=O)N2CC[C@H](O)[C@@]3(CCCNC3=O)C2)c(=O)n1. The van der Waals surface area contributed by atoms with Gasteiger partial charge in [-0.1, -0.05) is 0 Å². The number of aryl methyl sites for hydroxylation is 2. The van der Waals surface area contributed by atoms with Crippen LogP contribution in [0.1, 0.15) is 37.1 Å². The predicted molar refractivity (Wildman–Crippen MR) is 94.5 cm³/mol. The van der Waals surface area contributed by atoms with Crippen LogP contribution in [0.3, 0.4) is 0 Å². The molecule has 0 unspecified atom stereocenters. The summed E-state index contributed by atoms with van der Waals surface area (Å²) in [5, 5.41) is 13.2. The van der Waals surface area contributed by atoms with Gasteiger partial charge < -0.3 is 15.3 Å². The Hall–Kier alpha value is -2.22. The van der Waals surface area contributed by atoms with Crippen LogP contribution in [-0.4, -0.2) is 57.1 Å². The number of nitrogens with zero attached hydrogens (tertiary/aromatic N) is 3. The molecule has 1 spiro atoms. The first-order chi connectivity index (χ1) is 12.3. The van der Waals surface area contributed by atoms with E-state index < -0.39 is 11.5 Å². The molecule has 142 valence electrons. The quantitative estimate of drug-likeness (QED) is 0.771. The molecule has 2 saturated heterocycles. The van der Waals surface area contributed by atoms with Gasteiger partial charge in [0.15, 0.2) is 0 Å². The molecule has 2 amide bonds. The van der Waals surface area contributed by atoms with E-state index in [4.69, 9.17) is 0 Å². The molecule has 2 aliphatic rings. The van der Waals surface area contributed by atoms with E-state index in [2.05, 4.69) is 10.3 Å². The fourth-order valence-corrected chi connectivity index (χ4v) is 4.07. The van der Waals surface area contributed by atoms with Gasteiger partial charge in [0, 0.05) is 44.0 Å². The van der Waals surface area contributed by atoms with Crippen molar-refractivity contribution >= 4 is 11.8 Å². The molecule has 0 aromatic carbocycles. The number of aliphatic hydroxyl groups excluding tert-OH is 1. The van der Waals surface area contributed by atoms with E-state index in [-0.39, 0.29) is 37.0 Å². The lowest BCUT2D eigenvalue weighted by Gasteiger charge is -2.46. The molecular formula is C18H26N4O4. The number of piperidine rings is 2. The second-order valence-electron chi connectivity index (χ2n) is 7.36. The van der Waals surface area contributed by atoms with Gasteiger partial charge in [-0.25, -0.2) is 4.79 Å². The lowest BCUT2D eigenvalue weighted by atomic mass is 9.71. The maximum atomic E-state index is 12.7. The van der Waals surface area contributed by atoms with Crippen molar-refractivity contribution in [3.8, 4) is 0 Å². The fourth-order valence-electron chi connectivity index (χ4n) is 4.07. The number of rotatable bonds is 3. The van der Waals surface area contributed by atoms with Crippen molar-refractivity contribution < 1.29 is 14.7 Å². The van der Waals surface area contributed by atoms with Crippen molar-refractivity contribution in [2.75, 3.05) is 19.6 Å². The maximum absolute atomic E-state index is 12.7. The first-order valence-electron chi connectivity index (χ1n) is 9.13. The van der Waals surface area contributed by atoms with Gasteiger partial charge in [0.1, 0.15) is 0 Å². The molecule has 0 aliphatic carbocycles. The van der Waals surface area contributed by atoms with Crippen LogP contribution in [0.15, 0.2) is 10.9 Å². The van der Waals surface area contributed by atoms with E-state index in [0.717, 1.165) is 12.1 Å². The minimum atomic E-state index is -0.898. The van der Waals surface area contributed by atoms with E-state index in [9.17, 15) is 19.5 Å². The Bertz CT molecular complexity index is 775. The lowest BCUT2D eigenvalue weighted by Crippen LogP contribution is -2.62. The van der Waals surface area contributed by atoms with Crippen LogP contribution in [0.25, 0.3) is 0 Å². The molecule has 8 nitrogen and oxygen atoms in total. The number of carbonyl (C=O) groups is 2. The van der Waals surface area contributed by atoms with Crippen LogP contribution in [0.5, 0.6) is 0 Å². The molecule has 2 atom stereocenters. The van der Waals surface area contributed by atoms with Crippen LogP contribution in [0.4, 0.5) is 0 Å². The predicted octanol–water partition coefficient (Wildman–Crippen LogP) is -0.260. The molecule has 3 rings (SSSR count). The Kier molecular flexibility index (Phi) is 5.13. The highest BCUT2D eigenvalue weighted by Crippen LogP contribution is 2.37. The van der Waals surface area contributed by atoms with Crippen molar-refractivity contribution in [1.82, 2.24) is 19.8 Å². The van der Waals surface area contributed by atoms with Crippen LogP contribution in [-0.2, 0) is 16.1 Å². The molecule has 2 aliphatic heterocycles. The molecule has 2 N–H and O–H groups in total. The minimum Gasteiger partial charge on any atom is -0.392 e. The fraction of sp³-hybridized carbons (Fsp3) is 0.667. The zero-order valence-corrected chi connectivity index (χ0v) is 15.3. The zero-order valence-electron chi connectivity index (χ0n) is 15.3. The first kappa shape index (κ1) is 18.6. The summed E-state index contributed by atoms with van der Waals surface area (Å²) in [7, 11) is 0. The van der Waals surface area contributed by atoms with E-state index in [1.165, 1.54) is 4.57 Å². The summed E-state index contributed by atoms with van der Waals surface area (Å²) in [6.45, 7) is 5.11. The highest BCUT2D eigenvalue weighted by atomic mass is 16.3. The summed E-state index contributed by atoms with van der Waals surface area (Å²) in [4.78, 5) is 42.6. The maximum Gasteiger partial charge on any atom is 0.347 e. The van der Waals surface area contributed by atoms with Gasteiger partial charge in [0.2, 0.25) is 11.8 Å². The Morgan fingerprint density at radius 1 is 1.42 bits per heavy atom. The summed E-state index contributed by atoms with van der Waals surface area (Å²) < 4.78 is 1.49. The van der Waals surface area contributed by atoms with E-state index >= 15 is 0 Å². The van der Waals surface area contributed by atoms with Gasteiger partial charge in [-0.3, -0.25) is 14.2 Å². The molecule has 3 heterocycles. The summed E-state index contributed by atoms with van der Waals surface area (Å²) >= 11 is 0. The van der Waals surface area contributed by atoms with Gasteiger partial charge in [0.25, 0.3) is 0 Å². The molecular weight excluding hydrogens is 336 g/mol. The average molecular weight is 362 g/mol. The van der Waals surface area contributed by atoms with Crippen molar-refractivity contribution in [2.45, 2.75) is 52.2 Å². The molecule has 8 heteroatoms. The van der Waals surface area contributed by atoms with E-state index in [0.29, 0.717) is 31.6 Å². The highest BCUT2D eigenvalue weighted by Gasteiger charge is 2.50. The molecule has 0 radical (unpaired) electrons. The Morgan fingerprint density at radius 3 is 2.88 bits per heavy atom. The third-order valence-electron chi connectivity index (χ3n) is 5.57. The molecule has 0 saturated carbocycles. The van der Waals surface area contributed by atoms with Crippen molar-refractivity contribution in [1.29, 1.82) is 0 Å². The average Bonchev–Trinajstić information content (AvgIpc) is 2.58. The second-order valence-corrected chi connectivity index (χ2v) is 7.36. The number of aromatic nitrogens is 2. The Balaban J connectivity index is 1.69. The van der Waals surface area contributed by atoms with Crippen molar-refractivity contribution in [2.24, 2.45) is 5.41 Å². The summed E-state index contributed by atoms with van der Waals surface area (Å²) in [5.41, 5.74) is 0.176. The molecule has 26 heavy (non-hydrogen) atoms. The zero-order chi connectivity index (χ0) is 18.9. The first-order valence-corrected chi connectivity index (χ1v) is 9.13. The topological polar surface area (TPSA) is 105 Å². The normalized spacial score (nSPS) is 26.0. The Morgan fingerprint density at radius 2 is 2.19 bits per heavy atom.